The second-order valence-corrected chi connectivity index (χ2v) is 5.45. The zero-order chi connectivity index (χ0) is 16.9. The molecule has 0 fully saturated rings. The third kappa shape index (κ3) is 3.67. The molecular weight excluding hydrogens is 326 g/mol. The number of aromatic nitrogens is 3. The van der Waals surface area contributed by atoms with Crippen molar-refractivity contribution in [2.24, 2.45) is 5.16 Å². The maximum absolute atomic E-state index is 8.88. The van der Waals surface area contributed by atoms with Crippen LogP contribution in [0, 0.1) is 0 Å². The minimum atomic E-state index is 0.434. The molecule has 0 saturated heterocycles. The van der Waals surface area contributed by atoms with E-state index in [-0.39, 0.29) is 0 Å². The van der Waals surface area contributed by atoms with Gasteiger partial charge in [-0.1, -0.05) is 22.8 Å². The van der Waals surface area contributed by atoms with Crippen LogP contribution in [0.4, 0.5) is 11.6 Å². The third-order valence-corrected chi connectivity index (χ3v) is 3.55. The molecule has 0 saturated carbocycles. The molecule has 0 aliphatic rings. The molecule has 0 unspecified atom stereocenters. The minimum absolute atomic E-state index is 0.434. The van der Waals surface area contributed by atoms with Crippen LogP contribution in [0.15, 0.2) is 60.0 Å². The molecule has 24 heavy (non-hydrogen) atoms. The van der Waals surface area contributed by atoms with Crippen molar-refractivity contribution in [3.8, 4) is 11.3 Å². The number of nitrogens with one attached hydrogen (secondary N) is 1. The van der Waals surface area contributed by atoms with Gasteiger partial charge in [-0.3, -0.25) is 4.98 Å². The van der Waals surface area contributed by atoms with E-state index in [1.54, 1.807) is 43.6 Å². The Morgan fingerprint density at radius 3 is 2.75 bits per heavy atom. The summed E-state index contributed by atoms with van der Waals surface area (Å²) in [5.41, 5.74) is 3.39. The lowest BCUT2D eigenvalue weighted by Crippen LogP contribution is -2.00. The van der Waals surface area contributed by atoms with Gasteiger partial charge in [0.25, 0.3) is 0 Å². The molecule has 0 radical (unpaired) electrons. The molecule has 7 heteroatoms. The molecule has 0 atom stereocenters. The number of benzene rings is 1. The molecule has 0 amide bonds. The number of pyridine rings is 1. The van der Waals surface area contributed by atoms with Crippen molar-refractivity contribution in [3.05, 3.63) is 65.6 Å². The summed E-state index contributed by atoms with van der Waals surface area (Å²) in [6.07, 6.45) is 3.31. The van der Waals surface area contributed by atoms with Crippen LogP contribution >= 0.6 is 11.6 Å². The maximum atomic E-state index is 8.88. The summed E-state index contributed by atoms with van der Waals surface area (Å²) < 4.78 is 0. The monoisotopic (exact) mass is 339 g/mol. The lowest BCUT2D eigenvalue weighted by atomic mass is 10.1. The zero-order valence-corrected chi connectivity index (χ0v) is 13.6. The van der Waals surface area contributed by atoms with Gasteiger partial charge in [-0.2, -0.15) is 0 Å². The van der Waals surface area contributed by atoms with Crippen LogP contribution < -0.4 is 5.32 Å². The first-order valence-electron chi connectivity index (χ1n) is 7.17. The van der Waals surface area contributed by atoms with Gasteiger partial charge < -0.3 is 10.5 Å². The van der Waals surface area contributed by atoms with E-state index in [4.69, 9.17) is 16.8 Å². The summed E-state index contributed by atoms with van der Waals surface area (Å²) in [5, 5.41) is 15.8. The second-order valence-electron chi connectivity index (χ2n) is 5.02. The first-order chi connectivity index (χ1) is 11.7. The van der Waals surface area contributed by atoms with Crippen molar-refractivity contribution in [1.82, 2.24) is 15.0 Å². The van der Waals surface area contributed by atoms with Crippen LogP contribution in [0.5, 0.6) is 0 Å². The predicted molar refractivity (Wildman–Crippen MR) is 94.0 cm³/mol. The van der Waals surface area contributed by atoms with E-state index in [1.807, 2.05) is 18.2 Å². The summed E-state index contributed by atoms with van der Waals surface area (Å²) in [6, 6.07) is 12.8. The number of hydrogen-bond donors (Lipinski definition) is 2. The van der Waals surface area contributed by atoms with Crippen LogP contribution in [0.3, 0.4) is 0 Å². The molecule has 6 nitrogen and oxygen atoms in total. The highest BCUT2D eigenvalue weighted by molar-refractivity contribution is 6.30. The Morgan fingerprint density at radius 1 is 1.12 bits per heavy atom. The van der Waals surface area contributed by atoms with Crippen LogP contribution in [0.2, 0.25) is 5.02 Å². The standard InChI is InChI=1S/C17H14ClN5O/c1-11(23-24)16-9-12(5-7-19-16)15-6-8-20-17(22-15)21-14-4-2-3-13(18)10-14/h2-10,24H,1H3,(H,20,21,22)/b23-11+. The first kappa shape index (κ1) is 15.9. The number of oxime groups is 1. The van der Waals surface area contributed by atoms with Gasteiger partial charge >= 0.3 is 0 Å². The van der Waals surface area contributed by atoms with E-state index in [2.05, 4.69) is 25.4 Å². The van der Waals surface area contributed by atoms with E-state index in [9.17, 15) is 0 Å². The van der Waals surface area contributed by atoms with Crippen molar-refractivity contribution < 1.29 is 5.21 Å². The molecule has 2 aromatic heterocycles. The van der Waals surface area contributed by atoms with Crippen molar-refractivity contribution in [2.45, 2.75) is 6.92 Å². The van der Waals surface area contributed by atoms with Crippen molar-refractivity contribution in [2.75, 3.05) is 5.32 Å². The van der Waals surface area contributed by atoms with Gasteiger partial charge in [-0.05, 0) is 43.3 Å². The molecule has 1 aromatic carbocycles. The third-order valence-electron chi connectivity index (χ3n) is 3.31. The fourth-order valence-electron chi connectivity index (χ4n) is 2.11. The molecule has 0 aliphatic carbocycles. The summed E-state index contributed by atoms with van der Waals surface area (Å²) in [5.74, 6) is 0.459. The van der Waals surface area contributed by atoms with Gasteiger partial charge in [0.15, 0.2) is 0 Å². The fourth-order valence-corrected chi connectivity index (χ4v) is 2.30. The molecule has 2 N–H and O–H groups in total. The summed E-state index contributed by atoms with van der Waals surface area (Å²) in [6.45, 7) is 1.68. The summed E-state index contributed by atoms with van der Waals surface area (Å²) in [4.78, 5) is 12.9. The smallest absolute Gasteiger partial charge is 0.227 e. The fraction of sp³-hybridized carbons (Fsp3) is 0.0588. The van der Waals surface area contributed by atoms with Gasteiger partial charge in [0.2, 0.25) is 5.95 Å². The number of hydrogen-bond acceptors (Lipinski definition) is 6. The maximum Gasteiger partial charge on any atom is 0.227 e. The van der Waals surface area contributed by atoms with Crippen molar-refractivity contribution in [1.29, 1.82) is 0 Å². The molecule has 0 spiro atoms. The molecule has 3 aromatic rings. The molecular formula is C17H14ClN5O. The molecule has 0 aliphatic heterocycles. The quantitative estimate of drug-likeness (QED) is 0.424. The Kier molecular flexibility index (Phi) is 4.67. The van der Waals surface area contributed by atoms with Crippen LogP contribution in [0.25, 0.3) is 11.3 Å². The average molecular weight is 340 g/mol. The van der Waals surface area contributed by atoms with E-state index in [0.717, 1.165) is 16.9 Å². The number of halogens is 1. The molecule has 2 heterocycles. The Hall–Kier alpha value is -2.99. The Morgan fingerprint density at radius 2 is 1.96 bits per heavy atom. The van der Waals surface area contributed by atoms with Gasteiger partial charge in [0.05, 0.1) is 11.4 Å². The van der Waals surface area contributed by atoms with Gasteiger partial charge in [0, 0.05) is 28.7 Å². The topological polar surface area (TPSA) is 83.3 Å². The highest BCUT2D eigenvalue weighted by Gasteiger charge is 2.06. The Labute approximate surface area is 143 Å². The van der Waals surface area contributed by atoms with Crippen LogP contribution in [-0.2, 0) is 0 Å². The SMILES string of the molecule is C/C(=N\O)c1cc(-c2ccnc(Nc3cccc(Cl)c3)n2)ccn1. The second kappa shape index (κ2) is 7.06. The van der Waals surface area contributed by atoms with Crippen molar-refractivity contribution in [3.63, 3.8) is 0 Å². The minimum Gasteiger partial charge on any atom is -0.411 e. The summed E-state index contributed by atoms with van der Waals surface area (Å²) >= 11 is 5.98. The number of anilines is 2. The largest absolute Gasteiger partial charge is 0.411 e. The molecule has 0 bridgehead atoms. The number of rotatable bonds is 4. The molecule has 3 rings (SSSR count). The Balaban J connectivity index is 1.91. The molecule has 120 valence electrons. The first-order valence-corrected chi connectivity index (χ1v) is 7.54. The lowest BCUT2D eigenvalue weighted by Gasteiger charge is -2.07. The average Bonchev–Trinajstić information content (AvgIpc) is 2.61. The zero-order valence-electron chi connectivity index (χ0n) is 12.8. The van der Waals surface area contributed by atoms with Crippen LogP contribution in [0.1, 0.15) is 12.6 Å². The lowest BCUT2D eigenvalue weighted by molar-refractivity contribution is 0.319. The van der Waals surface area contributed by atoms with Gasteiger partial charge in [-0.15, -0.1) is 0 Å². The number of nitrogens with zero attached hydrogens (tertiary/aromatic N) is 4. The normalized spacial score (nSPS) is 11.3. The summed E-state index contributed by atoms with van der Waals surface area (Å²) in [7, 11) is 0. The van der Waals surface area contributed by atoms with E-state index < -0.39 is 0 Å². The van der Waals surface area contributed by atoms with E-state index in [0.29, 0.717) is 22.4 Å². The highest BCUT2D eigenvalue weighted by Crippen LogP contribution is 2.21. The van der Waals surface area contributed by atoms with Crippen LogP contribution in [-0.4, -0.2) is 25.9 Å². The van der Waals surface area contributed by atoms with Crippen molar-refractivity contribution >= 4 is 28.9 Å². The predicted octanol–water partition coefficient (Wildman–Crippen LogP) is 4.13. The van der Waals surface area contributed by atoms with E-state index in [1.165, 1.54) is 0 Å². The highest BCUT2D eigenvalue weighted by atomic mass is 35.5. The van der Waals surface area contributed by atoms with Gasteiger partial charge in [0.1, 0.15) is 5.71 Å². The Bertz CT molecular complexity index is 897. The van der Waals surface area contributed by atoms with Gasteiger partial charge in [-0.25, -0.2) is 9.97 Å². The van der Waals surface area contributed by atoms with E-state index >= 15 is 0 Å².